The zero-order valence-corrected chi connectivity index (χ0v) is 9.93. The summed E-state index contributed by atoms with van der Waals surface area (Å²) >= 11 is 3.43. The molecule has 0 amide bonds. The van der Waals surface area contributed by atoms with Crippen LogP contribution in [0.15, 0.2) is 22.7 Å². The molecular weight excluding hydrogens is 240 g/mol. The summed E-state index contributed by atoms with van der Waals surface area (Å²) in [6.45, 7) is 4.26. The summed E-state index contributed by atoms with van der Waals surface area (Å²) in [5, 5.41) is 12.0. The molecule has 74 valence electrons. The Hall–Kier alpha value is -1.01. The predicted octanol–water partition coefficient (Wildman–Crippen LogP) is 3.53. The standard InChI is InChI=1S/C11H13BrN2/c1-3-8(2)14-11-5-4-9(7-13)6-10(11)12/h4-6,8,14H,3H2,1-2H3/t8-/m0/s1. The van der Waals surface area contributed by atoms with E-state index in [1.807, 2.05) is 18.2 Å². The van der Waals surface area contributed by atoms with Gasteiger partial charge in [-0.05, 0) is 47.5 Å². The van der Waals surface area contributed by atoms with E-state index in [0.29, 0.717) is 11.6 Å². The van der Waals surface area contributed by atoms with Gasteiger partial charge in [-0.25, -0.2) is 0 Å². The first-order valence-electron chi connectivity index (χ1n) is 4.63. The van der Waals surface area contributed by atoms with Gasteiger partial charge in [0.05, 0.1) is 11.6 Å². The summed E-state index contributed by atoms with van der Waals surface area (Å²) in [6, 6.07) is 8.11. The maximum absolute atomic E-state index is 8.69. The summed E-state index contributed by atoms with van der Waals surface area (Å²) in [5.74, 6) is 0. The second kappa shape index (κ2) is 5.02. The first-order valence-corrected chi connectivity index (χ1v) is 5.43. The van der Waals surface area contributed by atoms with Crippen LogP contribution in [-0.4, -0.2) is 6.04 Å². The maximum atomic E-state index is 8.69. The number of anilines is 1. The fraction of sp³-hybridized carbons (Fsp3) is 0.364. The summed E-state index contributed by atoms with van der Waals surface area (Å²) in [7, 11) is 0. The van der Waals surface area contributed by atoms with E-state index in [-0.39, 0.29) is 0 Å². The minimum atomic E-state index is 0.444. The average Bonchev–Trinajstić information content (AvgIpc) is 2.20. The molecule has 1 aromatic rings. The number of benzene rings is 1. The van der Waals surface area contributed by atoms with E-state index in [0.717, 1.165) is 16.6 Å². The van der Waals surface area contributed by atoms with Gasteiger partial charge in [-0.3, -0.25) is 0 Å². The number of nitrogens with zero attached hydrogens (tertiary/aromatic N) is 1. The van der Waals surface area contributed by atoms with E-state index in [9.17, 15) is 0 Å². The van der Waals surface area contributed by atoms with Crippen LogP contribution in [0, 0.1) is 11.3 Å². The third-order valence-electron chi connectivity index (χ3n) is 2.11. The van der Waals surface area contributed by atoms with Crippen molar-refractivity contribution in [3.63, 3.8) is 0 Å². The van der Waals surface area contributed by atoms with E-state index >= 15 is 0 Å². The average molecular weight is 253 g/mol. The molecule has 0 heterocycles. The lowest BCUT2D eigenvalue weighted by atomic mass is 10.2. The van der Waals surface area contributed by atoms with Gasteiger partial charge in [0, 0.05) is 16.2 Å². The summed E-state index contributed by atoms with van der Waals surface area (Å²) < 4.78 is 0.942. The molecule has 0 saturated heterocycles. The van der Waals surface area contributed by atoms with Crippen molar-refractivity contribution in [3.8, 4) is 6.07 Å². The second-order valence-electron chi connectivity index (χ2n) is 3.26. The molecule has 2 nitrogen and oxygen atoms in total. The van der Waals surface area contributed by atoms with Crippen molar-refractivity contribution in [2.75, 3.05) is 5.32 Å². The molecule has 0 spiro atoms. The number of halogens is 1. The summed E-state index contributed by atoms with van der Waals surface area (Å²) in [4.78, 5) is 0. The molecule has 0 fully saturated rings. The normalized spacial score (nSPS) is 11.9. The Balaban J connectivity index is 2.85. The fourth-order valence-electron chi connectivity index (χ4n) is 1.07. The van der Waals surface area contributed by atoms with Crippen LogP contribution >= 0.6 is 15.9 Å². The van der Waals surface area contributed by atoms with Gasteiger partial charge in [0.25, 0.3) is 0 Å². The Kier molecular flexibility index (Phi) is 3.97. The Morgan fingerprint density at radius 3 is 2.79 bits per heavy atom. The van der Waals surface area contributed by atoms with E-state index in [2.05, 4.69) is 41.2 Å². The largest absolute Gasteiger partial charge is 0.382 e. The third-order valence-corrected chi connectivity index (χ3v) is 2.77. The molecule has 0 aliphatic carbocycles. The molecule has 0 aliphatic rings. The molecule has 0 aromatic heterocycles. The Morgan fingerprint density at radius 2 is 2.29 bits per heavy atom. The fourth-order valence-corrected chi connectivity index (χ4v) is 1.56. The number of hydrogen-bond donors (Lipinski definition) is 1. The molecule has 1 aromatic carbocycles. The van der Waals surface area contributed by atoms with Crippen molar-refractivity contribution in [1.29, 1.82) is 5.26 Å². The number of nitrogens with one attached hydrogen (secondary N) is 1. The zero-order chi connectivity index (χ0) is 10.6. The molecule has 0 bridgehead atoms. The minimum Gasteiger partial charge on any atom is -0.382 e. The first-order chi connectivity index (χ1) is 6.67. The van der Waals surface area contributed by atoms with Crippen LogP contribution in [0.4, 0.5) is 5.69 Å². The molecular formula is C11H13BrN2. The van der Waals surface area contributed by atoms with Gasteiger partial charge in [0.15, 0.2) is 0 Å². The van der Waals surface area contributed by atoms with Crippen LogP contribution in [0.2, 0.25) is 0 Å². The van der Waals surface area contributed by atoms with Gasteiger partial charge in [0.1, 0.15) is 0 Å². The zero-order valence-electron chi connectivity index (χ0n) is 8.34. The molecule has 0 saturated carbocycles. The molecule has 1 atom stereocenters. The minimum absolute atomic E-state index is 0.444. The quantitative estimate of drug-likeness (QED) is 0.894. The van der Waals surface area contributed by atoms with Gasteiger partial charge in [0.2, 0.25) is 0 Å². The van der Waals surface area contributed by atoms with Crippen LogP contribution in [-0.2, 0) is 0 Å². The van der Waals surface area contributed by atoms with Crippen molar-refractivity contribution >= 4 is 21.6 Å². The van der Waals surface area contributed by atoms with Gasteiger partial charge in [-0.2, -0.15) is 5.26 Å². The smallest absolute Gasteiger partial charge is 0.0992 e. The number of nitriles is 1. The lowest BCUT2D eigenvalue weighted by molar-refractivity contribution is 0.763. The van der Waals surface area contributed by atoms with E-state index in [1.54, 1.807) is 0 Å². The SMILES string of the molecule is CC[C@H](C)Nc1ccc(C#N)cc1Br. The maximum Gasteiger partial charge on any atom is 0.0992 e. The van der Waals surface area contributed by atoms with Crippen LogP contribution < -0.4 is 5.32 Å². The Morgan fingerprint density at radius 1 is 1.57 bits per heavy atom. The van der Waals surface area contributed by atoms with Crippen LogP contribution in [0.3, 0.4) is 0 Å². The second-order valence-corrected chi connectivity index (χ2v) is 4.11. The van der Waals surface area contributed by atoms with Crippen molar-refractivity contribution in [2.24, 2.45) is 0 Å². The highest BCUT2D eigenvalue weighted by molar-refractivity contribution is 9.10. The molecule has 1 rings (SSSR count). The van der Waals surface area contributed by atoms with Gasteiger partial charge >= 0.3 is 0 Å². The highest BCUT2D eigenvalue weighted by Crippen LogP contribution is 2.24. The van der Waals surface area contributed by atoms with Gasteiger partial charge in [-0.15, -0.1) is 0 Å². The Bertz CT molecular complexity index is 355. The Labute approximate surface area is 93.1 Å². The summed E-state index contributed by atoms with van der Waals surface area (Å²) in [5.41, 5.74) is 1.71. The van der Waals surface area contributed by atoms with Gasteiger partial charge in [-0.1, -0.05) is 6.92 Å². The predicted molar refractivity (Wildman–Crippen MR) is 62.2 cm³/mol. The third kappa shape index (κ3) is 2.74. The summed E-state index contributed by atoms with van der Waals surface area (Å²) in [6.07, 6.45) is 1.08. The topological polar surface area (TPSA) is 35.8 Å². The van der Waals surface area contributed by atoms with Gasteiger partial charge < -0.3 is 5.32 Å². The molecule has 0 unspecified atom stereocenters. The molecule has 0 aliphatic heterocycles. The van der Waals surface area contributed by atoms with E-state index in [4.69, 9.17) is 5.26 Å². The number of hydrogen-bond acceptors (Lipinski definition) is 2. The monoisotopic (exact) mass is 252 g/mol. The highest BCUT2D eigenvalue weighted by atomic mass is 79.9. The van der Waals surface area contributed by atoms with Crippen LogP contribution in [0.25, 0.3) is 0 Å². The molecule has 1 N–H and O–H groups in total. The van der Waals surface area contributed by atoms with Crippen molar-refractivity contribution < 1.29 is 0 Å². The van der Waals surface area contributed by atoms with Crippen molar-refractivity contribution in [3.05, 3.63) is 28.2 Å². The highest BCUT2D eigenvalue weighted by Gasteiger charge is 2.03. The number of rotatable bonds is 3. The van der Waals surface area contributed by atoms with Crippen LogP contribution in [0.5, 0.6) is 0 Å². The lowest BCUT2D eigenvalue weighted by Crippen LogP contribution is -2.13. The molecule has 14 heavy (non-hydrogen) atoms. The molecule has 0 radical (unpaired) electrons. The lowest BCUT2D eigenvalue weighted by Gasteiger charge is -2.14. The van der Waals surface area contributed by atoms with E-state index < -0.39 is 0 Å². The molecule has 3 heteroatoms. The van der Waals surface area contributed by atoms with E-state index in [1.165, 1.54) is 0 Å². The first kappa shape index (κ1) is 11.1. The van der Waals surface area contributed by atoms with Crippen LogP contribution in [0.1, 0.15) is 25.8 Å². The van der Waals surface area contributed by atoms with Crippen molar-refractivity contribution in [2.45, 2.75) is 26.3 Å². The van der Waals surface area contributed by atoms with Crippen molar-refractivity contribution in [1.82, 2.24) is 0 Å².